The highest BCUT2D eigenvalue weighted by Gasteiger charge is 2.58. The smallest absolute Gasteiger partial charge is 0.364 e. The number of amides is 3. The van der Waals surface area contributed by atoms with Crippen molar-refractivity contribution in [3.8, 4) is 0 Å². The van der Waals surface area contributed by atoms with Crippen molar-refractivity contribution in [2.24, 2.45) is 0 Å². The first-order valence-electron chi connectivity index (χ1n) is 22.0. The lowest BCUT2D eigenvalue weighted by Crippen LogP contribution is -2.70. The lowest BCUT2D eigenvalue weighted by atomic mass is 9.88. The van der Waals surface area contributed by atoms with Gasteiger partial charge in [0, 0.05) is 27.2 Å². The van der Waals surface area contributed by atoms with E-state index in [9.17, 15) is 101 Å². The molecule has 0 saturated carbocycles. The van der Waals surface area contributed by atoms with Gasteiger partial charge >= 0.3 is 5.97 Å². The Morgan fingerprint density at radius 3 is 1.77 bits per heavy atom. The molecule has 3 amide bonds. The quantitative estimate of drug-likeness (QED) is 0.0479. The van der Waals surface area contributed by atoms with Crippen LogP contribution in [-0.4, -0.2) is 291 Å². The van der Waals surface area contributed by atoms with E-state index in [1.165, 1.54) is 6.92 Å². The van der Waals surface area contributed by atoms with Gasteiger partial charge in [0.15, 0.2) is 18.9 Å². The summed E-state index contributed by atoms with van der Waals surface area (Å²) in [6.07, 6.45) is -42.3. The van der Waals surface area contributed by atoms with Gasteiger partial charge < -0.3 is 136 Å². The number of carbonyl (C=O) groups excluding carboxylic acids is 3. The molecule has 4 aliphatic heterocycles. The fourth-order valence-electron chi connectivity index (χ4n) is 8.36. The SMILES string of the molecule is CC(=O)N[C@H]1[C@H](O[C@@H]([C@@H](O)[C@H](O)CO[C@]2(C(=O)O)C[C@H](O)[C@@H](NC(C)=O)[C@H]([C@H](O)[C@H](O)CO)O2)[C@H](CO)NC(C)=O)O[C@H](CO)[C@@H](O)[C@@H]1O[C@@H]1O[C@H](CO)[C@H](O)[C@H](O)[C@H]1O[C@@H]1O[C@@H](C)[C@@H](O)[C@@H](O)[C@@H]1O. The number of nitrogens with one attached hydrogen (secondary N) is 3. The van der Waals surface area contributed by atoms with E-state index in [0.29, 0.717) is 0 Å². The molecule has 406 valence electrons. The van der Waals surface area contributed by atoms with E-state index < -0.39 is 216 Å². The molecule has 0 unspecified atom stereocenters. The van der Waals surface area contributed by atoms with E-state index in [-0.39, 0.29) is 0 Å². The minimum Gasteiger partial charge on any atom is -0.477 e. The first kappa shape index (κ1) is 59.5. The van der Waals surface area contributed by atoms with E-state index in [1.807, 2.05) is 0 Å². The predicted molar refractivity (Wildman–Crippen MR) is 219 cm³/mol. The molecule has 4 heterocycles. The number of hydrogen-bond donors (Lipinski definition) is 19. The summed E-state index contributed by atoms with van der Waals surface area (Å²) in [6, 6.07) is -5.24. The molecule has 4 aliphatic rings. The van der Waals surface area contributed by atoms with Gasteiger partial charge in [0.2, 0.25) is 17.7 Å². The van der Waals surface area contributed by atoms with Crippen LogP contribution in [0.3, 0.4) is 0 Å². The first-order valence-corrected chi connectivity index (χ1v) is 22.0. The maximum absolute atomic E-state index is 12.8. The molecule has 4 rings (SSSR count). The minimum absolute atomic E-state index is 0.798. The van der Waals surface area contributed by atoms with Crippen LogP contribution in [0.1, 0.15) is 34.1 Å². The molecule has 0 aliphatic carbocycles. The summed E-state index contributed by atoms with van der Waals surface area (Å²) in [5.74, 6) is -7.64. The molecule has 4 fully saturated rings. The number of aliphatic carboxylic acids is 1. The van der Waals surface area contributed by atoms with Gasteiger partial charge in [-0.15, -0.1) is 0 Å². The van der Waals surface area contributed by atoms with Crippen LogP contribution < -0.4 is 16.0 Å². The Morgan fingerprint density at radius 2 is 1.23 bits per heavy atom. The Balaban J connectivity index is 1.70. The van der Waals surface area contributed by atoms with Gasteiger partial charge in [0.1, 0.15) is 104 Å². The van der Waals surface area contributed by atoms with Crippen molar-refractivity contribution < 1.29 is 139 Å². The van der Waals surface area contributed by atoms with Crippen LogP contribution in [0, 0.1) is 0 Å². The molecule has 0 spiro atoms. The second kappa shape index (κ2) is 25.8. The summed E-state index contributed by atoms with van der Waals surface area (Å²) in [5, 5.41) is 177. The molecule has 0 bridgehead atoms. The van der Waals surface area contributed by atoms with E-state index in [2.05, 4.69) is 16.0 Å². The summed E-state index contributed by atoms with van der Waals surface area (Å²) < 4.78 is 45.7. The maximum Gasteiger partial charge on any atom is 0.364 e. The highest BCUT2D eigenvalue weighted by molar-refractivity contribution is 5.76. The zero-order valence-corrected chi connectivity index (χ0v) is 38.2. The Hall–Kier alpha value is -3.04. The van der Waals surface area contributed by atoms with Crippen molar-refractivity contribution in [3.63, 3.8) is 0 Å². The van der Waals surface area contributed by atoms with Crippen LogP contribution in [0.5, 0.6) is 0 Å². The fourth-order valence-corrected chi connectivity index (χ4v) is 8.36. The van der Waals surface area contributed by atoms with Crippen LogP contribution in [0.2, 0.25) is 0 Å². The van der Waals surface area contributed by atoms with Crippen molar-refractivity contribution in [2.75, 3.05) is 33.0 Å². The maximum atomic E-state index is 12.8. The number of aliphatic hydroxyl groups is 15. The van der Waals surface area contributed by atoms with Crippen molar-refractivity contribution in [1.82, 2.24) is 16.0 Å². The van der Waals surface area contributed by atoms with E-state index >= 15 is 0 Å². The van der Waals surface area contributed by atoms with Gasteiger partial charge in [-0.1, -0.05) is 0 Å². The molecule has 4 saturated heterocycles. The first-order chi connectivity index (χ1) is 32.8. The Labute approximate surface area is 397 Å². The number of ether oxygens (including phenoxy) is 8. The van der Waals surface area contributed by atoms with Crippen LogP contribution in [0.4, 0.5) is 0 Å². The second-order valence-corrected chi connectivity index (χ2v) is 17.4. The highest BCUT2D eigenvalue weighted by Crippen LogP contribution is 2.36. The van der Waals surface area contributed by atoms with Gasteiger partial charge in [-0.3, -0.25) is 14.4 Å². The van der Waals surface area contributed by atoms with E-state index in [1.54, 1.807) is 0 Å². The third kappa shape index (κ3) is 13.8. The predicted octanol–water partition coefficient (Wildman–Crippen LogP) is -11.6. The normalized spacial score (nSPS) is 40.7. The van der Waals surface area contributed by atoms with Gasteiger partial charge in [-0.25, -0.2) is 4.79 Å². The van der Waals surface area contributed by atoms with Gasteiger partial charge in [-0.2, -0.15) is 0 Å². The number of rotatable bonds is 22. The van der Waals surface area contributed by atoms with Crippen molar-refractivity contribution in [3.05, 3.63) is 0 Å². The summed E-state index contributed by atoms with van der Waals surface area (Å²) in [7, 11) is 0. The molecule has 25 atom stereocenters. The molecular weight excluding hydrogens is 958 g/mol. The molecule has 0 aromatic carbocycles. The largest absolute Gasteiger partial charge is 0.477 e. The zero-order chi connectivity index (χ0) is 52.7. The van der Waals surface area contributed by atoms with Gasteiger partial charge in [0.05, 0.1) is 57.3 Å². The molecule has 31 heteroatoms. The van der Waals surface area contributed by atoms with Crippen LogP contribution in [0.25, 0.3) is 0 Å². The van der Waals surface area contributed by atoms with Crippen LogP contribution in [0.15, 0.2) is 0 Å². The summed E-state index contributed by atoms with van der Waals surface area (Å²) in [5.41, 5.74) is 0. The third-order valence-corrected chi connectivity index (χ3v) is 12.1. The number of carbonyl (C=O) groups is 4. The standard InChI is InChI=1S/C39H67N3O28/c1-11-23(53)28(58)30(60)36(64-11)69-34-29(59)26(56)19(8-45)66-37(34)68-32-22(42-14(4)49)35(65-20(9-46)27(32)57)67-31(15(6-43)40-12(2)47)25(55)18(52)10-63-39(38(61)62)5-16(50)21(41-13(3)48)33(70-39)24(54)17(51)7-44/h11,15-37,43-46,50-60H,5-10H2,1-4H3,(H,40,47)(H,41,48)(H,42,49)(H,61,62)/t11-,15-,16-,17+,18+,19+,20+,21+,22+,23+,24+,25-,26-,27+,28+,29-,30-,31+,32+,33+,34+,35-,36-,37-,39+/m0/s1. The topological polar surface area (TPSA) is 502 Å². The van der Waals surface area contributed by atoms with Crippen LogP contribution in [-0.2, 0) is 57.1 Å². The molecule has 31 nitrogen and oxygen atoms in total. The van der Waals surface area contributed by atoms with Crippen molar-refractivity contribution >= 4 is 23.7 Å². The Bertz CT molecular complexity index is 1710. The summed E-state index contributed by atoms with van der Waals surface area (Å²) in [4.78, 5) is 49.8. The third-order valence-electron chi connectivity index (χ3n) is 12.1. The lowest BCUT2D eigenvalue weighted by molar-refractivity contribution is -0.382. The second-order valence-electron chi connectivity index (χ2n) is 17.4. The number of carboxylic acids is 1. The van der Waals surface area contributed by atoms with E-state index in [0.717, 1.165) is 20.8 Å². The van der Waals surface area contributed by atoms with Gasteiger partial charge in [0.25, 0.3) is 5.79 Å². The number of carboxylic acid groups (broad SMARTS) is 1. The molecule has 19 N–H and O–H groups in total. The number of hydrogen-bond acceptors (Lipinski definition) is 27. The molecular formula is C39H67N3O28. The Kier molecular flexibility index (Phi) is 21.9. The van der Waals surface area contributed by atoms with Gasteiger partial charge in [-0.05, 0) is 6.92 Å². The number of aliphatic hydroxyl groups excluding tert-OH is 15. The summed E-state index contributed by atoms with van der Waals surface area (Å²) in [6.45, 7) is -1.33. The fraction of sp³-hybridized carbons (Fsp3) is 0.897. The average molecular weight is 1030 g/mol. The molecule has 0 aromatic rings. The van der Waals surface area contributed by atoms with Crippen molar-refractivity contribution in [1.29, 1.82) is 0 Å². The minimum atomic E-state index is -3.04. The molecule has 70 heavy (non-hydrogen) atoms. The Morgan fingerprint density at radius 1 is 0.657 bits per heavy atom. The molecule has 0 aromatic heterocycles. The average Bonchev–Trinajstić information content (AvgIpc) is 3.30. The lowest BCUT2D eigenvalue weighted by Gasteiger charge is -2.50. The zero-order valence-electron chi connectivity index (χ0n) is 38.2. The highest BCUT2D eigenvalue weighted by atomic mass is 16.8. The van der Waals surface area contributed by atoms with Crippen LogP contribution >= 0.6 is 0 Å². The summed E-state index contributed by atoms with van der Waals surface area (Å²) >= 11 is 0. The molecule has 0 radical (unpaired) electrons. The van der Waals surface area contributed by atoms with E-state index in [4.69, 9.17) is 37.9 Å². The van der Waals surface area contributed by atoms with Crippen molar-refractivity contribution in [2.45, 2.75) is 187 Å². The monoisotopic (exact) mass is 1030 g/mol.